The van der Waals surface area contributed by atoms with E-state index in [1.807, 2.05) is 0 Å². The molecule has 0 radical (unpaired) electrons. The minimum Gasteiger partial charge on any atom is -0.466 e. The van der Waals surface area contributed by atoms with Crippen molar-refractivity contribution in [2.45, 2.75) is 58.8 Å². The monoisotopic (exact) mass is 206 g/mol. The van der Waals surface area contributed by atoms with Gasteiger partial charge in [0.1, 0.15) is 11.5 Å². The zero-order valence-corrected chi connectivity index (χ0v) is 10.0. The van der Waals surface area contributed by atoms with Crippen LogP contribution in [0.15, 0.2) is 10.5 Å². The van der Waals surface area contributed by atoms with Gasteiger partial charge >= 0.3 is 0 Å². The Balaban J connectivity index is 2.12. The summed E-state index contributed by atoms with van der Waals surface area (Å²) in [7, 11) is 0. The molecule has 1 heteroatoms. The smallest absolute Gasteiger partial charge is 0.107 e. The maximum absolute atomic E-state index is 5.95. The van der Waals surface area contributed by atoms with E-state index in [2.05, 4.69) is 19.9 Å². The van der Waals surface area contributed by atoms with Crippen molar-refractivity contribution in [3.8, 4) is 0 Å². The van der Waals surface area contributed by atoms with E-state index in [4.69, 9.17) is 4.42 Å². The molecule has 0 bridgehead atoms. The molecule has 0 amide bonds. The van der Waals surface area contributed by atoms with E-state index < -0.39 is 0 Å². The van der Waals surface area contributed by atoms with Gasteiger partial charge in [0.25, 0.3) is 0 Å². The average Bonchev–Trinajstić information content (AvgIpc) is 2.46. The summed E-state index contributed by atoms with van der Waals surface area (Å²) in [6, 6.07) is 2.31. The zero-order valence-electron chi connectivity index (χ0n) is 10.0. The maximum Gasteiger partial charge on any atom is 0.107 e. The Morgan fingerprint density at radius 1 is 1.13 bits per heavy atom. The van der Waals surface area contributed by atoms with E-state index in [0.717, 1.165) is 12.8 Å². The average molecular weight is 206 g/mol. The van der Waals surface area contributed by atoms with E-state index in [1.165, 1.54) is 49.2 Å². The quantitative estimate of drug-likeness (QED) is 0.709. The van der Waals surface area contributed by atoms with Crippen molar-refractivity contribution >= 4 is 0 Å². The predicted molar refractivity (Wildman–Crippen MR) is 63.1 cm³/mol. The van der Waals surface area contributed by atoms with Crippen molar-refractivity contribution in [1.29, 1.82) is 0 Å². The highest BCUT2D eigenvalue weighted by atomic mass is 16.3. The van der Waals surface area contributed by atoms with Gasteiger partial charge in [-0.25, -0.2) is 0 Å². The number of fused-ring (bicyclic) bond motifs is 1. The molecule has 0 fully saturated rings. The Morgan fingerprint density at radius 3 is 2.60 bits per heavy atom. The van der Waals surface area contributed by atoms with Gasteiger partial charge in [0.05, 0.1) is 0 Å². The summed E-state index contributed by atoms with van der Waals surface area (Å²) >= 11 is 0. The fourth-order valence-electron chi connectivity index (χ4n) is 2.41. The van der Waals surface area contributed by atoms with Crippen LogP contribution >= 0.6 is 0 Å². The molecule has 2 rings (SSSR count). The van der Waals surface area contributed by atoms with Gasteiger partial charge in [-0.3, -0.25) is 0 Å². The molecule has 0 aromatic carbocycles. The molecule has 0 atom stereocenters. The molecule has 84 valence electrons. The first-order valence-corrected chi connectivity index (χ1v) is 6.36. The summed E-state index contributed by atoms with van der Waals surface area (Å²) in [5, 5.41) is 0. The van der Waals surface area contributed by atoms with Gasteiger partial charge in [-0.15, -0.1) is 0 Å². The molecular formula is C14H22O. The Morgan fingerprint density at radius 2 is 1.87 bits per heavy atom. The van der Waals surface area contributed by atoms with Gasteiger partial charge in [0.15, 0.2) is 0 Å². The minimum atomic E-state index is 0.696. The lowest BCUT2D eigenvalue weighted by atomic mass is 9.99. The number of rotatable bonds is 2. The summed E-state index contributed by atoms with van der Waals surface area (Å²) in [6.45, 7) is 4.50. The van der Waals surface area contributed by atoms with E-state index in [1.54, 1.807) is 0 Å². The lowest BCUT2D eigenvalue weighted by Gasteiger charge is -2.07. The Labute approximate surface area is 92.9 Å². The van der Waals surface area contributed by atoms with Crippen molar-refractivity contribution < 1.29 is 4.42 Å². The molecule has 15 heavy (non-hydrogen) atoms. The number of aryl methyl sites for hydroxylation is 2. The molecule has 1 aliphatic rings. The predicted octanol–water partition coefficient (Wildman–Crippen LogP) is 4.14. The van der Waals surface area contributed by atoms with Gasteiger partial charge in [-0.1, -0.05) is 26.7 Å². The molecule has 1 heterocycles. The molecule has 1 aliphatic carbocycles. The molecule has 0 unspecified atom stereocenters. The van der Waals surface area contributed by atoms with Gasteiger partial charge in [0, 0.05) is 12.8 Å². The van der Waals surface area contributed by atoms with E-state index in [-0.39, 0.29) is 0 Å². The second-order valence-corrected chi connectivity index (χ2v) is 5.17. The molecule has 0 saturated heterocycles. The summed E-state index contributed by atoms with van der Waals surface area (Å²) < 4.78 is 5.95. The molecule has 1 nitrogen and oxygen atoms in total. The Bertz CT molecular complexity index is 284. The van der Waals surface area contributed by atoms with Crippen molar-refractivity contribution in [2.75, 3.05) is 0 Å². The number of furan rings is 1. The second kappa shape index (κ2) is 4.87. The highest BCUT2D eigenvalue weighted by Gasteiger charge is 2.13. The summed E-state index contributed by atoms with van der Waals surface area (Å²) in [4.78, 5) is 0. The van der Waals surface area contributed by atoms with Crippen LogP contribution in [0.1, 0.15) is 56.6 Å². The SMILES string of the molecule is CC(C)Cc1cc2c(o1)CCCCCC2. The molecule has 0 N–H and O–H groups in total. The molecule has 0 saturated carbocycles. The summed E-state index contributed by atoms with van der Waals surface area (Å²) in [5.74, 6) is 3.18. The molecule has 0 spiro atoms. The lowest BCUT2D eigenvalue weighted by molar-refractivity contribution is 0.426. The van der Waals surface area contributed by atoms with Crippen LogP contribution < -0.4 is 0 Å². The van der Waals surface area contributed by atoms with Gasteiger partial charge in [-0.05, 0) is 36.8 Å². The fourth-order valence-corrected chi connectivity index (χ4v) is 2.41. The number of hydrogen-bond acceptors (Lipinski definition) is 1. The van der Waals surface area contributed by atoms with Crippen LogP contribution in [0.2, 0.25) is 0 Å². The summed E-state index contributed by atoms with van der Waals surface area (Å²) in [5.41, 5.74) is 1.49. The van der Waals surface area contributed by atoms with Crippen LogP contribution in [0.5, 0.6) is 0 Å². The molecule has 0 aliphatic heterocycles. The van der Waals surface area contributed by atoms with Gasteiger partial charge in [0.2, 0.25) is 0 Å². The first kappa shape index (κ1) is 10.8. The van der Waals surface area contributed by atoms with E-state index in [0.29, 0.717) is 5.92 Å². The molecule has 1 aromatic rings. The second-order valence-electron chi connectivity index (χ2n) is 5.17. The van der Waals surface area contributed by atoms with Crippen molar-refractivity contribution in [1.82, 2.24) is 0 Å². The minimum absolute atomic E-state index is 0.696. The highest BCUT2D eigenvalue weighted by molar-refractivity contribution is 5.23. The van der Waals surface area contributed by atoms with Crippen molar-refractivity contribution in [2.24, 2.45) is 5.92 Å². The van der Waals surface area contributed by atoms with Crippen LogP contribution in [0, 0.1) is 5.92 Å². The van der Waals surface area contributed by atoms with E-state index in [9.17, 15) is 0 Å². The first-order chi connectivity index (χ1) is 7.25. The Hall–Kier alpha value is -0.720. The third kappa shape index (κ3) is 2.87. The van der Waals surface area contributed by atoms with Gasteiger partial charge < -0.3 is 4.42 Å². The number of hydrogen-bond donors (Lipinski definition) is 0. The Kier molecular flexibility index (Phi) is 3.50. The van der Waals surface area contributed by atoms with Crippen molar-refractivity contribution in [3.63, 3.8) is 0 Å². The maximum atomic E-state index is 5.95. The van der Waals surface area contributed by atoms with Crippen LogP contribution in [0.3, 0.4) is 0 Å². The van der Waals surface area contributed by atoms with Crippen LogP contribution in [-0.4, -0.2) is 0 Å². The third-order valence-electron chi connectivity index (χ3n) is 3.16. The van der Waals surface area contributed by atoms with Gasteiger partial charge in [-0.2, -0.15) is 0 Å². The normalized spacial score (nSPS) is 17.3. The van der Waals surface area contributed by atoms with Crippen LogP contribution in [-0.2, 0) is 19.3 Å². The third-order valence-corrected chi connectivity index (χ3v) is 3.16. The van der Waals surface area contributed by atoms with E-state index >= 15 is 0 Å². The van der Waals surface area contributed by atoms with Crippen molar-refractivity contribution in [3.05, 3.63) is 23.2 Å². The summed E-state index contributed by atoms with van der Waals surface area (Å²) in [6.07, 6.45) is 8.90. The lowest BCUT2D eigenvalue weighted by Crippen LogP contribution is -1.95. The van der Waals surface area contributed by atoms with Crippen LogP contribution in [0.25, 0.3) is 0 Å². The molecule has 1 aromatic heterocycles. The largest absolute Gasteiger partial charge is 0.466 e. The topological polar surface area (TPSA) is 13.1 Å². The van der Waals surface area contributed by atoms with Crippen LogP contribution in [0.4, 0.5) is 0 Å². The standard InChI is InChI=1S/C14H22O/c1-11(2)9-13-10-12-7-5-3-4-6-8-14(12)15-13/h10-11H,3-9H2,1-2H3. The fraction of sp³-hybridized carbons (Fsp3) is 0.714. The first-order valence-electron chi connectivity index (χ1n) is 6.36. The zero-order chi connectivity index (χ0) is 10.7. The molecular weight excluding hydrogens is 184 g/mol. The highest BCUT2D eigenvalue weighted by Crippen LogP contribution is 2.24.